The molecule has 0 aromatic heterocycles. The third-order valence-corrected chi connectivity index (χ3v) is 6.97. The first kappa shape index (κ1) is 22.7. The Balaban J connectivity index is 1.31. The molecule has 7 nitrogen and oxygen atoms in total. The molecule has 1 fully saturated rings. The molecule has 3 aromatic rings. The lowest BCUT2D eigenvalue weighted by atomic mass is 9.76. The van der Waals surface area contributed by atoms with Crippen LogP contribution in [0.5, 0.6) is 0 Å². The zero-order valence-corrected chi connectivity index (χ0v) is 19.3. The number of aryl methyl sites for hydroxylation is 1. The summed E-state index contributed by atoms with van der Waals surface area (Å²) in [6.45, 7) is 1.97. The first-order valence-electron chi connectivity index (χ1n) is 11.7. The summed E-state index contributed by atoms with van der Waals surface area (Å²) in [6, 6.07) is 21.2. The number of carbonyl (C=O) groups is 3. The van der Waals surface area contributed by atoms with Crippen LogP contribution in [0.15, 0.2) is 66.7 Å². The van der Waals surface area contributed by atoms with Gasteiger partial charge in [0.2, 0.25) is 0 Å². The maximum atomic E-state index is 13.0. The average Bonchev–Trinajstić information content (AvgIpc) is 3.14. The van der Waals surface area contributed by atoms with Gasteiger partial charge >= 0.3 is 12.1 Å². The Morgan fingerprint density at radius 1 is 0.971 bits per heavy atom. The van der Waals surface area contributed by atoms with Crippen molar-refractivity contribution in [3.05, 3.63) is 89.0 Å². The van der Waals surface area contributed by atoms with E-state index in [1.165, 1.54) is 0 Å². The minimum Gasteiger partial charge on any atom is -0.480 e. The molecule has 1 saturated carbocycles. The number of carboxylic acids is 1. The van der Waals surface area contributed by atoms with Gasteiger partial charge in [0.1, 0.15) is 12.1 Å². The van der Waals surface area contributed by atoms with Gasteiger partial charge < -0.3 is 15.2 Å². The highest BCUT2D eigenvalue weighted by Crippen LogP contribution is 2.44. The Labute approximate surface area is 203 Å². The van der Waals surface area contributed by atoms with Crippen molar-refractivity contribution in [2.45, 2.75) is 37.6 Å². The number of carbonyl (C=O) groups excluding carboxylic acids is 2. The van der Waals surface area contributed by atoms with E-state index in [0.29, 0.717) is 12.8 Å². The summed E-state index contributed by atoms with van der Waals surface area (Å²) in [5, 5.41) is 14.9. The number of rotatable bonds is 6. The minimum absolute atomic E-state index is 0.0806. The molecule has 3 N–H and O–H groups in total. The molecule has 0 aliphatic heterocycles. The van der Waals surface area contributed by atoms with Crippen LogP contribution in [0.3, 0.4) is 0 Å². The number of hydrogen-bond donors (Lipinski definition) is 3. The standard InChI is InChI=1S/C28H26N2O5/c1-17-11-12-24(22(15-17)25(31)30-28(26(32)33)13-6-14-28)29-27(34)35-16-23-20-9-4-2-7-18(20)19-8-3-5-10-21(19)23/h2-5,7-12,15,23H,6,13-14,16H2,1H3,(H,29,34)(H,30,31)(H,32,33). The molecule has 0 atom stereocenters. The Morgan fingerprint density at radius 3 is 2.17 bits per heavy atom. The molecule has 0 saturated heterocycles. The summed E-state index contributed by atoms with van der Waals surface area (Å²) < 4.78 is 5.60. The van der Waals surface area contributed by atoms with Crippen molar-refractivity contribution in [2.75, 3.05) is 11.9 Å². The number of benzene rings is 3. The van der Waals surface area contributed by atoms with Gasteiger partial charge in [0.25, 0.3) is 5.91 Å². The summed E-state index contributed by atoms with van der Waals surface area (Å²) in [6.07, 6.45) is 0.830. The molecule has 0 heterocycles. The second kappa shape index (κ2) is 8.91. The van der Waals surface area contributed by atoms with Crippen molar-refractivity contribution in [2.24, 2.45) is 0 Å². The first-order chi connectivity index (χ1) is 16.9. The number of amides is 2. The number of anilines is 1. The molecule has 2 amide bonds. The average molecular weight is 471 g/mol. The van der Waals surface area contributed by atoms with E-state index in [2.05, 4.69) is 22.8 Å². The van der Waals surface area contributed by atoms with Crippen molar-refractivity contribution in [3.8, 4) is 11.1 Å². The molecule has 0 bridgehead atoms. The molecule has 2 aliphatic rings. The third kappa shape index (κ3) is 4.14. The SMILES string of the molecule is Cc1ccc(NC(=O)OCC2c3ccccc3-c3ccccc32)c(C(=O)NC2(C(=O)O)CCC2)c1. The van der Waals surface area contributed by atoms with Crippen LogP contribution in [0, 0.1) is 6.92 Å². The van der Waals surface area contributed by atoms with E-state index in [1.807, 2.05) is 43.3 Å². The maximum absolute atomic E-state index is 13.0. The minimum atomic E-state index is -1.25. The molecule has 2 aliphatic carbocycles. The molecule has 7 heteroatoms. The van der Waals surface area contributed by atoms with Gasteiger partial charge in [0.05, 0.1) is 11.3 Å². The van der Waals surface area contributed by atoms with E-state index in [1.54, 1.807) is 18.2 Å². The second-order valence-corrected chi connectivity index (χ2v) is 9.19. The molecule has 0 spiro atoms. The topological polar surface area (TPSA) is 105 Å². The zero-order valence-electron chi connectivity index (χ0n) is 19.3. The van der Waals surface area contributed by atoms with Crippen molar-refractivity contribution >= 4 is 23.7 Å². The van der Waals surface area contributed by atoms with Crippen LogP contribution < -0.4 is 10.6 Å². The van der Waals surface area contributed by atoms with E-state index in [-0.39, 0.29) is 23.8 Å². The lowest BCUT2D eigenvalue weighted by molar-refractivity contribution is -0.148. The number of fused-ring (bicyclic) bond motifs is 3. The van der Waals surface area contributed by atoms with Gasteiger partial charge in [0.15, 0.2) is 0 Å². The van der Waals surface area contributed by atoms with Gasteiger partial charge in [-0.2, -0.15) is 0 Å². The Kier molecular flexibility index (Phi) is 5.76. The number of ether oxygens (including phenoxy) is 1. The normalized spacial score (nSPS) is 15.3. The van der Waals surface area contributed by atoms with Gasteiger partial charge in [-0.25, -0.2) is 9.59 Å². The highest BCUT2D eigenvalue weighted by molar-refractivity contribution is 6.04. The van der Waals surface area contributed by atoms with Crippen molar-refractivity contribution in [1.82, 2.24) is 5.32 Å². The van der Waals surface area contributed by atoms with Crippen LogP contribution in [0.2, 0.25) is 0 Å². The predicted molar refractivity (Wildman–Crippen MR) is 132 cm³/mol. The van der Waals surface area contributed by atoms with Gasteiger partial charge in [-0.05, 0) is 60.6 Å². The number of nitrogens with one attached hydrogen (secondary N) is 2. The van der Waals surface area contributed by atoms with E-state index < -0.39 is 23.5 Å². The number of aliphatic carboxylic acids is 1. The Hall–Kier alpha value is -4.13. The Bertz CT molecular complexity index is 1280. The van der Waals surface area contributed by atoms with Crippen molar-refractivity contribution < 1.29 is 24.2 Å². The van der Waals surface area contributed by atoms with Crippen LogP contribution in [-0.2, 0) is 9.53 Å². The zero-order chi connectivity index (χ0) is 24.6. The lowest BCUT2D eigenvalue weighted by Crippen LogP contribution is -2.59. The van der Waals surface area contributed by atoms with E-state index in [4.69, 9.17) is 4.74 Å². The van der Waals surface area contributed by atoms with Crippen LogP contribution in [0.4, 0.5) is 10.5 Å². The monoisotopic (exact) mass is 470 g/mol. The van der Waals surface area contributed by atoms with E-state index in [9.17, 15) is 19.5 Å². The van der Waals surface area contributed by atoms with Crippen LogP contribution in [-0.4, -0.2) is 35.2 Å². The van der Waals surface area contributed by atoms with Crippen LogP contribution >= 0.6 is 0 Å². The summed E-state index contributed by atoms with van der Waals surface area (Å²) in [7, 11) is 0. The molecule has 5 rings (SSSR count). The third-order valence-electron chi connectivity index (χ3n) is 6.97. The van der Waals surface area contributed by atoms with E-state index >= 15 is 0 Å². The van der Waals surface area contributed by atoms with Crippen molar-refractivity contribution in [1.29, 1.82) is 0 Å². The summed E-state index contributed by atoms with van der Waals surface area (Å²) in [5.41, 5.74) is 4.52. The van der Waals surface area contributed by atoms with Gasteiger partial charge in [-0.3, -0.25) is 10.1 Å². The van der Waals surface area contributed by atoms with Crippen molar-refractivity contribution in [3.63, 3.8) is 0 Å². The summed E-state index contributed by atoms with van der Waals surface area (Å²) in [4.78, 5) is 37.4. The highest BCUT2D eigenvalue weighted by Gasteiger charge is 2.46. The number of hydrogen-bond acceptors (Lipinski definition) is 4. The summed E-state index contributed by atoms with van der Waals surface area (Å²) in [5.74, 6) is -1.66. The molecule has 0 unspecified atom stereocenters. The van der Waals surface area contributed by atoms with Crippen LogP contribution in [0.1, 0.15) is 52.2 Å². The fourth-order valence-electron chi connectivity index (χ4n) is 4.91. The van der Waals surface area contributed by atoms with Gasteiger partial charge in [-0.1, -0.05) is 60.2 Å². The fourth-order valence-corrected chi connectivity index (χ4v) is 4.91. The smallest absolute Gasteiger partial charge is 0.411 e. The molecule has 35 heavy (non-hydrogen) atoms. The molecule has 3 aromatic carbocycles. The fraction of sp³-hybridized carbons (Fsp3) is 0.250. The van der Waals surface area contributed by atoms with Crippen LogP contribution in [0.25, 0.3) is 11.1 Å². The van der Waals surface area contributed by atoms with Gasteiger partial charge in [-0.15, -0.1) is 0 Å². The second-order valence-electron chi connectivity index (χ2n) is 9.19. The largest absolute Gasteiger partial charge is 0.480 e. The van der Waals surface area contributed by atoms with Gasteiger partial charge in [0, 0.05) is 5.92 Å². The first-order valence-corrected chi connectivity index (χ1v) is 11.7. The molecular formula is C28H26N2O5. The molecular weight excluding hydrogens is 444 g/mol. The molecule has 178 valence electrons. The quantitative estimate of drug-likeness (QED) is 0.465. The number of carboxylic acid groups (broad SMARTS) is 1. The maximum Gasteiger partial charge on any atom is 0.411 e. The summed E-state index contributed by atoms with van der Waals surface area (Å²) >= 11 is 0. The highest BCUT2D eigenvalue weighted by atomic mass is 16.5. The Morgan fingerprint density at radius 2 is 1.60 bits per heavy atom. The van der Waals surface area contributed by atoms with E-state index in [0.717, 1.165) is 34.2 Å². The predicted octanol–water partition coefficient (Wildman–Crippen LogP) is 5.09. The lowest BCUT2D eigenvalue weighted by Gasteiger charge is -2.38. The molecule has 0 radical (unpaired) electrons.